The normalized spacial score (nSPS) is 19.1. The Morgan fingerprint density at radius 1 is 0.846 bits per heavy atom. The molecule has 1 saturated heterocycles. The van der Waals surface area contributed by atoms with Crippen LogP contribution in [0.25, 0.3) is 0 Å². The van der Waals surface area contributed by atoms with Crippen molar-refractivity contribution in [3.8, 4) is 0 Å². The number of likely N-dealkylation sites (N-methyl/N-ethyl adjacent to an activating group) is 1. The van der Waals surface area contributed by atoms with E-state index in [-0.39, 0.29) is 24.7 Å². The Balaban J connectivity index is 1.34. The Labute approximate surface area is 229 Å². The lowest BCUT2D eigenvalue weighted by molar-refractivity contribution is -0.252. The first kappa shape index (κ1) is 26.8. The number of carbonyl (C=O) groups excluding carboxylic acids is 1. The molecule has 0 aromatic heterocycles. The molecule has 3 atom stereocenters. The molecule has 6 heteroatoms. The van der Waals surface area contributed by atoms with Crippen LogP contribution in [0.2, 0.25) is 0 Å². The maximum absolute atomic E-state index is 12.7. The molecule has 200 valence electrons. The number of nitrogens with one attached hydrogen (secondary N) is 1. The van der Waals surface area contributed by atoms with Gasteiger partial charge in [-0.15, -0.1) is 0 Å². The van der Waals surface area contributed by atoms with E-state index in [1.165, 1.54) is 5.56 Å². The van der Waals surface area contributed by atoms with Crippen LogP contribution in [0.1, 0.15) is 51.4 Å². The molecule has 0 radical (unpaired) electrons. The van der Waals surface area contributed by atoms with Crippen molar-refractivity contribution in [3.63, 3.8) is 0 Å². The van der Waals surface area contributed by atoms with Crippen LogP contribution in [0.3, 0.4) is 0 Å². The third-order valence-corrected chi connectivity index (χ3v) is 6.88. The molecular formula is C33H34N2O4. The fourth-order valence-corrected chi connectivity index (χ4v) is 4.90. The number of nitrogens with zero attached hydrogens (tertiary/aromatic N) is 1. The van der Waals surface area contributed by atoms with E-state index in [1.54, 1.807) is 12.1 Å². The summed E-state index contributed by atoms with van der Waals surface area (Å²) >= 11 is 0. The number of benzene rings is 4. The van der Waals surface area contributed by atoms with Crippen molar-refractivity contribution in [2.45, 2.75) is 38.1 Å². The van der Waals surface area contributed by atoms with Gasteiger partial charge in [-0.05, 0) is 48.0 Å². The van der Waals surface area contributed by atoms with Crippen LogP contribution in [-0.2, 0) is 22.6 Å². The summed E-state index contributed by atoms with van der Waals surface area (Å²) < 4.78 is 13.0. The first-order chi connectivity index (χ1) is 19.1. The van der Waals surface area contributed by atoms with Gasteiger partial charge in [0.15, 0.2) is 6.29 Å². The second kappa shape index (κ2) is 12.8. The van der Waals surface area contributed by atoms with Gasteiger partial charge in [-0.2, -0.15) is 0 Å². The molecule has 0 saturated carbocycles. The standard InChI is InChI=1S/C33H34N2O4/c1-35(21-24-9-4-2-5-10-24)22-30-20-31(26-17-15-25(23-36)16-18-26)39-33(38-30)28-13-8-14-29(19-28)34-32(37)27-11-6-3-7-12-27/h2-19,30-31,33,36H,20-23H2,1H3,(H,34,37)/t30-,31+,33+/m1/s1. The number of rotatable bonds is 9. The molecule has 1 aliphatic heterocycles. The highest BCUT2D eigenvalue weighted by Gasteiger charge is 2.33. The van der Waals surface area contributed by atoms with Crippen molar-refractivity contribution < 1.29 is 19.4 Å². The lowest BCUT2D eigenvalue weighted by Crippen LogP contribution is -2.37. The first-order valence-corrected chi connectivity index (χ1v) is 13.3. The van der Waals surface area contributed by atoms with Crippen LogP contribution in [-0.4, -0.2) is 35.6 Å². The van der Waals surface area contributed by atoms with Gasteiger partial charge in [0.1, 0.15) is 0 Å². The van der Waals surface area contributed by atoms with Gasteiger partial charge in [0.25, 0.3) is 5.91 Å². The molecule has 1 amide bonds. The van der Waals surface area contributed by atoms with E-state index in [2.05, 4.69) is 41.5 Å². The van der Waals surface area contributed by atoms with Crippen LogP contribution in [0, 0.1) is 0 Å². The largest absolute Gasteiger partial charge is 0.392 e. The lowest BCUT2D eigenvalue weighted by Gasteiger charge is -2.38. The van der Waals surface area contributed by atoms with Crippen molar-refractivity contribution >= 4 is 11.6 Å². The highest BCUT2D eigenvalue weighted by Crippen LogP contribution is 2.38. The molecule has 4 aromatic carbocycles. The minimum absolute atomic E-state index is 0.00589. The topological polar surface area (TPSA) is 71.0 Å². The Kier molecular flexibility index (Phi) is 8.81. The van der Waals surface area contributed by atoms with Crippen molar-refractivity contribution in [1.82, 2.24) is 4.90 Å². The van der Waals surface area contributed by atoms with E-state index in [1.807, 2.05) is 72.8 Å². The Morgan fingerprint density at radius 3 is 2.28 bits per heavy atom. The minimum Gasteiger partial charge on any atom is -0.392 e. The van der Waals surface area contributed by atoms with Gasteiger partial charge in [0, 0.05) is 36.3 Å². The van der Waals surface area contributed by atoms with Gasteiger partial charge in [-0.25, -0.2) is 0 Å². The van der Waals surface area contributed by atoms with Crippen LogP contribution >= 0.6 is 0 Å². The maximum atomic E-state index is 12.7. The average Bonchev–Trinajstić information content (AvgIpc) is 2.98. The molecule has 1 aliphatic rings. The van der Waals surface area contributed by atoms with Gasteiger partial charge in [-0.1, -0.05) is 84.9 Å². The molecule has 1 heterocycles. The predicted octanol–water partition coefficient (Wildman–Crippen LogP) is 6.11. The van der Waals surface area contributed by atoms with Crippen LogP contribution in [0.5, 0.6) is 0 Å². The molecule has 0 aliphatic carbocycles. The number of anilines is 1. The van der Waals surface area contributed by atoms with Crippen LogP contribution < -0.4 is 5.32 Å². The fourth-order valence-electron chi connectivity index (χ4n) is 4.90. The van der Waals surface area contributed by atoms with Gasteiger partial charge in [0.05, 0.1) is 18.8 Å². The number of hydrogen-bond donors (Lipinski definition) is 2. The summed E-state index contributed by atoms with van der Waals surface area (Å²) in [6, 6.07) is 35.1. The second-order valence-electron chi connectivity index (χ2n) is 9.98. The van der Waals surface area contributed by atoms with Gasteiger partial charge in [-0.3, -0.25) is 9.69 Å². The molecule has 1 fully saturated rings. The van der Waals surface area contributed by atoms with Gasteiger partial charge in [0.2, 0.25) is 0 Å². The molecule has 39 heavy (non-hydrogen) atoms. The predicted molar refractivity (Wildman–Crippen MR) is 152 cm³/mol. The minimum atomic E-state index is -0.593. The Morgan fingerprint density at radius 2 is 1.56 bits per heavy atom. The summed E-state index contributed by atoms with van der Waals surface area (Å²) in [6.45, 7) is 1.57. The van der Waals surface area contributed by atoms with Crippen LogP contribution in [0.15, 0.2) is 109 Å². The van der Waals surface area contributed by atoms with E-state index in [0.29, 0.717) is 17.7 Å². The third-order valence-electron chi connectivity index (χ3n) is 6.88. The summed E-state index contributed by atoms with van der Waals surface area (Å²) in [5, 5.41) is 12.4. The van der Waals surface area contributed by atoms with Gasteiger partial charge < -0.3 is 19.9 Å². The Hall–Kier alpha value is -3.81. The van der Waals surface area contributed by atoms with Crippen molar-refractivity contribution in [2.24, 2.45) is 0 Å². The van der Waals surface area contributed by atoms with E-state index in [0.717, 1.165) is 29.8 Å². The molecule has 0 spiro atoms. The van der Waals surface area contributed by atoms with Crippen molar-refractivity contribution in [2.75, 3.05) is 18.9 Å². The highest BCUT2D eigenvalue weighted by atomic mass is 16.7. The monoisotopic (exact) mass is 522 g/mol. The highest BCUT2D eigenvalue weighted by molar-refractivity contribution is 6.04. The SMILES string of the molecule is CN(Cc1ccccc1)C[C@H]1C[C@@H](c2ccc(CO)cc2)O[C@@H](c2cccc(NC(=O)c3ccccc3)c2)O1. The third kappa shape index (κ3) is 7.19. The molecule has 2 N–H and O–H groups in total. The van der Waals surface area contributed by atoms with E-state index in [4.69, 9.17) is 9.47 Å². The smallest absolute Gasteiger partial charge is 0.255 e. The average molecular weight is 523 g/mol. The van der Waals surface area contributed by atoms with Gasteiger partial charge >= 0.3 is 0 Å². The summed E-state index contributed by atoms with van der Waals surface area (Å²) in [5.41, 5.74) is 5.28. The number of amides is 1. The fraction of sp³-hybridized carbons (Fsp3) is 0.242. The summed E-state index contributed by atoms with van der Waals surface area (Å²) in [5.74, 6) is -0.166. The zero-order valence-corrected chi connectivity index (χ0v) is 22.1. The Bertz CT molecular complexity index is 1350. The van der Waals surface area contributed by atoms with Crippen molar-refractivity contribution in [1.29, 1.82) is 0 Å². The zero-order chi connectivity index (χ0) is 27.0. The molecule has 0 bridgehead atoms. The second-order valence-corrected chi connectivity index (χ2v) is 9.98. The van der Waals surface area contributed by atoms with E-state index in [9.17, 15) is 9.90 Å². The zero-order valence-electron chi connectivity index (χ0n) is 22.1. The van der Waals surface area contributed by atoms with Crippen LogP contribution in [0.4, 0.5) is 5.69 Å². The molecule has 0 unspecified atom stereocenters. The quantitative estimate of drug-likeness (QED) is 0.278. The first-order valence-electron chi connectivity index (χ1n) is 13.3. The summed E-state index contributed by atoms with van der Waals surface area (Å²) in [7, 11) is 2.10. The number of hydrogen-bond acceptors (Lipinski definition) is 5. The summed E-state index contributed by atoms with van der Waals surface area (Å²) in [4.78, 5) is 15.0. The summed E-state index contributed by atoms with van der Waals surface area (Å²) in [6.07, 6.45) is -0.125. The van der Waals surface area contributed by atoms with E-state index >= 15 is 0 Å². The number of carbonyl (C=O) groups is 1. The number of aliphatic hydroxyl groups is 1. The molecular weight excluding hydrogens is 488 g/mol. The molecule has 6 nitrogen and oxygen atoms in total. The molecule has 5 rings (SSSR count). The lowest BCUT2D eigenvalue weighted by atomic mass is 9.99. The number of ether oxygens (including phenoxy) is 2. The maximum Gasteiger partial charge on any atom is 0.255 e. The molecule has 4 aromatic rings. The van der Waals surface area contributed by atoms with Crippen molar-refractivity contribution in [3.05, 3.63) is 137 Å². The number of aliphatic hydroxyl groups excluding tert-OH is 1. The van der Waals surface area contributed by atoms with E-state index < -0.39 is 6.29 Å².